The number of cyclic esters (lactones) is 1. The Morgan fingerprint density at radius 1 is 0.900 bits per heavy atom. The number of aliphatic hydroxyl groups is 1. The number of aliphatic hydroxyl groups excluding tert-OH is 1. The Morgan fingerprint density at radius 3 is 2.13 bits per heavy atom. The Kier molecular flexibility index (Phi) is 4.39. The van der Waals surface area contributed by atoms with Gasteiger partial charge in [-0.3, -0.25) is 4.79 Å². The van der Waals surface area contributed by atoms with Gasteiger partial charge in [0.2, 0.25) is 12.5 Å². The predicted molar refractivity (Wildman–Crippen MR) is 103 cm³/mol. The lowest BCUT2D eigenvalue weighted by Gasteiger charge is -2.37. The van der Waals surface area contributed by atoms with Crippen LogP contribution < -0.4 is 23.7 Å². The molecule has 4 atom stereocenters. The molecule has 0 aromatic heterocycles. The van der Waals surface area contributed by atoms with Gasteiger partial charge in [0.15, 0.2) is 23.0 Å². The maximum atomic E-state index is 12.7. The lowest BCUT2D eigenvalue weighted by atomic mass is 9.66. The first-order valence-electron chi connectivity index (χ1n) is 9.65. The summed E-state index contributed by atoms with van der Waals surface area (Å²) in [6, 6.07) is 7.31. The van der Waals surface area contributed by atoms with Gasteiger partial charge in [0.25, 0.3) is 0 Å². The summed E-state index contributed by atoms with van der Waals surface area (Å²) < 4.78 is 32.9. The summed E-state index contributed by atoms with van der Waals surface area (Å²) in [5, 5.41) is 11.0. The SMILES string of the molecule is COc1cc([C@@H]2c3cc4c(cc3[C@@H](O)[C@@H]3COC(=O)[C@@H]23)OCO4)cc(OC)c1OC. The number of carbonyl (C=O) groups is 1. The number of fused-ring (bicyclic) bond motifs is 3. The summed E-state index contributed by atoms with van der Waals surface area (Å²) in [6.45, 7) is 0.289. The molecule has 158 valence electrons. The Hall–Kier alpha value is -3.13. The van der Waals surface area contributed by atoms with Crippen molar-refractivity contribution >= 4 is 5.97 Å². The molecule has 2 aliphatic heterocycles. The fraction of sp³-hybridized carbons (Fsp3) is 0.409. The molecule has 0 unspecified atom stereocenters. The second-order valence-corrected chi connectivity index (χ2v) is 7.54. The largest absolute Gasteiger partial charge is 0.493 e. The zero-order valence-corrected chi connectivity index (χ0v) is 16.8. The number of ether oxygens (including phenoxy) is 6. The number of methoxy groups -OCH3 is 3. The monoisotopic (exact) mass is 414 g/mol. The van der Waals surface area contributed by atoms with Gasteiger partial charge in [-0.1, -0.05) is 0 Å². The van der Waals surface area contributed by atoms with Crippen LogP contribution in [0.5, 0.6) is 28.7 Å². The van der Waals surface area contributed by atoms with Gasteiger partial charge >= 0.3 is 5.97 Å². The molecule has 8 heteroatoms. The Morgan fingerprint density at radius 2 is 1.53 bits per heavy atom. The van der Waals surface area contributed by atoms with E-state index in [9.17, 15) is 9.90 Å². The van der Waals surface area contributed by atoms with Crippen LogP contribution in [0.1, 0.15) is 28.7 Å². The molecular weight excluding hydrogens is 392 g/mol. The number of hydrogen-bond acceptors (Lipinski definition) is 8. The molecule has 0 radical (unpaired) electrons. The lowest BCUT2D eigenvalue weighted by molar-refractivity contribution is -0.141. The molecule has 0 bridgehead atoms. The highest BCUT2D eigenvalue weighted by Gasteiger charge is 2.52. The zero-order chi connectivity index (χ0) is 21.0. The van der Waals surface area contributed by atoms with Crippen LogP contribution >= 0.6 is 0 Å². The molecule has 1 aliphatic carbocycles. The Balaban J connectivity index is 1.74. The molecule has 2 heterocycles. The van der Waals surface area contributed by atoms with Gasteiger partial charge < -0.3 is 33.5 Å². The molecule has 0 spiro atoms. The Labute approximate surface area is 173 Å². The van der Waals surface area contributed by atoms with Crippen LogP contribution in [0.25, 0.3) is 0 Å². The average molecular weight is 414 g/mol. The van der Waals surface area contributed by atoms with Gasteiger partial charge in [-0.15, -0.1) is 0 Å². The average Bonchev–Trinajstić information content (AvgIpc) is 3.38. The molecule has 2 aromatic carbocycles. The van der Waals surface area contributed by atoms with Gasteiger partial charge in [-0.05, 0) is 41.0 Å². The van der Waals surface area contributed by atoms with Crippen molar-refractivity contribution < 1.29 is 38.3 Å². The van der Waals surface area contributed by atoms with Crippen LogP contribution in [0.2, 0.25) is 0 Å². The van der Waals surface area contributed by atoms with E-state index in [1.165, 1.54) is 7.11 Å². The zero-order valence-electron chi connectivity index (χ0n) is 16.8. The maximum absolute atomic E-state index is 12.7. The van der Waals surface area contributed by atoms with Crippen molar-refractivity contribution in [2.75, 3.05) is 34.7 Å². The number of rotatable bonds is 4. The van der Waals surface area contributed by atoms with Crippen LogP contribution in [-0.4, -0.2) is 45.8 Å². The third kappa shape index (κ3) is 2.60. The molecule has 8 nitrogen and oxygen atoms in total. The minimum absolute atomic E-state index is 0.123. The molecule has 0 amide bonds. The molecule has 1 N–H and O–H groups in total. The van der Waals surface area contributed by atoms with Crippen molar-refractivity contribution in [3.63, 3.8) is 0 Å². The molecule has 0 saturated carbocycles. The van der Waals surface area contributed by atoms with Crippen molar-refractivity contribution in [3.05, 3.63) is 41.0 Å². The van der Waals surface area contributed by atoms with E-state index in [2.05, 4.69) is 0 Å². The van der Waals surface area contributed by atoms with Crippen LogP contribution in [0, 0.1) is 11.8 Å². The highest BCUT2D eigenvalue weighted by Crippen LogP contribution is 2.55. The fourth-order valence-electron chi connectivity index (χ4n) is 4.81. The highest BCUT2D eigenvalue weighted by atomic mass is 16.7. The lowest BCUT2D eigenvalue weighted by Crippen LogP contribution is -2.34. The van der Waals surface area contributed by atoms with Crippen LogP contribution in [-0.2, 0) is 9.53 Å². The number of carbonyl (C=O) groups excluding carboxylic acids is 1. The molecule has 2 aromatic rings. The highest BCUT2D eigenvalue weighted by molar-refractivity contribution is 5.79. The summed E-state index contributed by atoms with van der Waals surface area (Å²) in [5.41, 5.74) is 2.30. The van der Waals surface area contributed by atoms with Crippen molar-refractivity contribution in [1.29, 1.82) is 0 Å². The quantitative estimate of drug-likeness (QED) is 0.763. The van der Waals surface area contributed by atoms with Crippen molar-refractivity contribution in [2.45, 2.75) is 12.0 Å². The minimum Gasteiger partial charge on any atom is -0.493 e. The summed E-state index contributed by atoms with van der Waals surface area (Å²) in [7, 11) is 4.63. The molecule has 5 rings (SSSR count). The predicted octanol–water partition coefficient (Wildman–Crippen LogP) is 2.41. The summed E-state index contributed by atoms with van der Waals surface area (Å²) in [6.07, 6.45) is -0.843. The number of benzene rings is 2. The van der Waals surface area contributed by atoms with E-state index in [-0.39, 0.29) is 31.2 Å². The molecular formula is C22H22O8. The first kappa shape index (κ1) is 18.9. The molecule has 3 aliphatic rings. The standard InChI is InChI=1S/C22H22O8/c1-25-16-4-10(5-17(26-2)21(16)27-3)18-11-6-14-15(30-9-29-14)7-12(11)20(23)13-8-28-22(24)19(13)18/h4-7,13,18-20,23H,8-9H2,1-3H3/t13-,18-,19-,20-/m1/s1. The van der Waals surface area contributed by atoms with Gasteiger partial charge in [-0.2, -0.15) is 0 Å². The topological polar surface area (TPSA) is 92.7 Å². The summed E-state index contributed by atoms with van der Waals surface area (Å²) >= 11 is 0. The van der Waals surface area contributed by atoms with E-state index in [4.69, 9.17) is 28.4 Å². The van der Waals surface area contributed by atoms with E-state index in [1.54, 1.807) is 20.3 Å². The van der Waals surface area contributed by atoms with Gasteiger partial charge in [0.05, 0.1) is 40.0 Å². The van der Waals surface area contributed by atoms with E-state index >= 15 is 0 Å². The normalized spacial score (nSPS) is 25.9. The van der Waals surface area contributed by atoms with Crippen molar-refractivity contribution in [3.8, 4) is 28.7 Å². The van der Waals surface area contributed by atoms with E-state index in [0.717, 1.165) is 11.1 Å². The van der Waals surface area contributed by atoms with E-state index in [0.29, 0.717) is 34.3 Å². The number of hydrogen-bond donors (Lipinski definition) is 1. The second kappa shape index (κ2) is 6.98. The van der Waals surface area contributed by atoms with Gasteiger partial charge in [0, 0.05) is 11.8 Å². The van der Waals surface area contributed by atoms with Crippen LogP contribution in [0.15, 0.2) is 24.3 Å². The fourth-order valence-corrected chi connectivity index (χ4v) is 4.81. The molecule has 30 heavy (non-hydrogen) atoms. The van der Waals surface area contributed by atoms with Gasteiger partial charge in [-0.25, -0.2) is 0 Å². The van der Waals surface area contributed by atoms with E-state index in [1.807, 2.05) is 18.2 Å². The maximum Gasteiger partial charge on any atom is 0.310 e. The molecule has 1 fully saturated rings. The molecule has 1 saturated heterocycles. The first-order valence-corrected chi connectivity index (χ1v) is 9.65. The third-order valence-corrected chi connectivity index (χ3v) is 6.19. The first-order chi connectivity index (χ1) is 14.6. The number of esters is 1. The van der Waals surface area contributed by atoms with Crippen LogP contribution in [0.3, 0.4) is 0 Å². The van der Waals surface area contributed by atoms with Crippen LogP contribution in [0.4, 0.5) is 0 Å². The van der Waals surface area contributed by atoms with Gasteiger partial charge in [0.1, 0.15) is 0 Å². The van der Waals surface area contributed by atoms with E-state index < -0.39 is 12.0 Å². The van der Waals surface area contributed by atoms with Crippen molar-refractivity contribution in [1.82, 2.24) is 0 Å². The smallest absolute Gasteiger partial charge is 0.310 e. The Bertz CT molecular complexity index is 991. The summed E-state index contributed by atoms with van der Waals surface area (Å²) in [5.74, 6) is 0.989. The third-order valence-electron chi connectivity index (χ3n) is 6.19. The minimum atomic E-state index is -0.843. The second-order valence-electron chi connectivity index (χ2n) is 7.54. The van der Waals surface area contributed by atoms with Crippen molar-refractivity contribution in [2.24, 2.45) is 11.8 Å². The summed E-state index contributed by atoms with van der Waals surface area (Å²) in [4.78, 5) is 12.7.